The molecule has 2 saturated carbocycles. The van der Waals surface area contributed by atoms with Gasteiger partial charge in [-0.25, -0.2) is 0 Å². The van der Waals surface area contributed by atoms with Gasteiger partial charge in [0.05, 0.1) is 5.92 Å². The van der Waals surface area contributed by atoms with E-state index in [4.69, 9.17) is 4.74 Å². The van der Waals surface area contributed by atoms with Crippen molar-refractivity contribution in [1.82, 2.24) is 5.32 Å². The first-order chi connectivity index (χ1) is 6.34. The molecule has 0 amide bonds. The lowest BCUT2D eigenvalue weighted by Crippen LogP contribution is -2.33. The largest absolute Gasteiger partial charge is 0.462 e. The van der Waals surface area contributed by atoms with E-state index in [1.54, 1.807) is 0 Å². The number of hydrogen-bond acceptors (Lipinski definition) is 3. The second-order valence-electron chi connectivity index (χ2n) is 4.95. The zero-order chi connectivity index (χ0) is 8.58. The number of rotatable bonds is 0. The summed E-state index contributed by atoms with van der Waals surface area (Å²) in [6, 6.07) is 1.13. The van der Waals surface area contributed by atoms with E-state index in [9.17, 15) is 4.79 Å². The predicted molar refractivity (Wildman–Crippen MR) is 44.9 cm³/mol. The highest BCUT2D eigenvalue weighted by Gasteiger charge is 2.64. The van der Waals surface area contributed by atoms with Gasteiger partial charge in [-0.2, -0.15) is 0 Å². The van der Waals surface area contributed by atoms with Crippen molar-refractivity contribution in [3.8, 4) is 0 Å². The van der Waals surface area contributed by atoms with Crippen LogP contribution in [0.5, 0.6) is 0 Å². The van der Waals surface area contributed by atoms with Crippen LogP contribution in [0, 0.1) is 17.8 Å². The molecule has 4 aliphatic rings. The van der Waals surface area contributed by atoms with E-state index in [1.165, 1.54) is 12.8 Å². The molecule has 0 radical (unpaired) electrons. The average molecular weight is 179 g/mol. The highest BCUT2D eigenvalue weighted by atomic mass is 16.6. The molecule has 0 bridgehead atoms. The van der Waals surface area contributed by atoms with Crippen molar-refractivity contribution < 1.29 is 9.53 Å². The van der Waals surface area contributed by atoms with Crippen molar-refractivity contribution >= 4 is 5.97 Å². The number of esters is 1. The summed E-state index contributed by atoms with van der Waals surface area (Å²) in [6.07, 6.45) is 3.98. The predicted octanol–water partition coefficient (Wildman–Crippen LogP) is 0.298. The van der Waals surface area contributed by atoms with Crippen LogP contribution < -0.4 is 5.32 Å². The van der Waals surface area contributed by atoms with Crippen LogP contribution in [0.4, 0.5) is 0 Å². The van der Waals surface area contributed by atoms with Crippen molar-refractivity contribution in [2.24, 2.45) is 17.8 Å². The Hall–Kier alpha value is -0.570. The summed E-state index contributed by atoms with van der Waals surface area (Å²) in [5, 5.41) is 3.42. The van der Waals surface area contributed by atoms with E-state index >= 15 is 0 Å². The number of fused-ring (bicyclic) bond motifs is 2. The van der Waals surface area contributed by atoms with Crippen molar-refractivity contribution in [1.29, 1.82) is 0 Å². The fourth-order valence-corrected chi connectivity index (χ4v) is 3.86. The third kappa shape index (κ3) is 0.688. The second kappa shape index (κ2) is 1.92. The van der Waals surface area contributed by atoms with Gasteiger partial charge in [-0.3, -0.25) is 4.79 Å². The van der Waals surface area contributed by atoms with E-state index in [-0.39, 0.29) is 18.0 Å². The summed E-state index contributed by atoms with van der Waals surface area (Å²) in [5.41, 5.74) is 0. The van der Waals surface area contributed by atoms with Crippen molar-refractivity contribution in [2.75, 3.05) is 0 Å². The molecule has 2 aliphatic heterocycles. The Kier molecular flexibility index (Phi) is 1.01. The SMILES string of the molecule is O=C1OC2CCC3CC4NC4C1C32. The Labute approximate surface area is 76.8 Å². The molecule has 3 nitrogen and oxygen atoms in total. The summed E-state index contributed by atoms with van der Waals surface area (Å²) < 4.78 is 5.42. The maximum absolute atomic E-state index is 11.6. The van der Waals surface area contributed by atoms with Gasteiger partial charge in [-0.05, 0) is 25.2 Å². The Bertz CT molecular complexity index is 291. The first kappa shape index (κ1) is 6.82. The van der Waals surface area contributed by atoms with Crippen LogP contribution in [0.3, 0.4) is 0 Å². The lowest BCUT2D eigenvalue weighted by atomic mass is 9.74. The summed E-state index contributed by atoms with van der Waals surface area (Å²) >= 11 is 0. The van der Waals surface area contributed by atoms with Gasteiger partial charge in [0.25, 0.3) is 0 Å². The van der Waals surface area contributed by atoms with Gasteiger partial charge in [0, 0.05) is 18.0 Å². The molecule has 0 aromatic rings. The lowest BCUT2D eigenvalue weighted by Gasteiger charge is -2.25. The summed E-state index contributed by atoms with van der Waals surface area (Å²) in [6.45, 7) is 0. The molecule has 1 N–H and O–H groups in total. The molecule has 0 aromatic heterocycles. The Morgan fingerprint density at radius 3 is 3.23 bits per heavy atom. The van der Waals surface area contributed by atoms with Crippen molar-refractivity contribution in [3.63, 3.8) is 0 Å². The smallest absolute Gasteiger partial charge is 0.311 e. The molecule has 6 atom stereocenters. The molecule has 2 saturated heterocycles. The van der Waals surface area contributed by atoms with E-state index in [1.807, 2.05) is 0 Å². The second-order valence-corrected chi connectivity index (χ2v) is 4.95. The summed E-state index contributed by atoms with van der Waals surface area (Å²) in [5.74, 6) is 1.65. The van der Waals surface area contributed by atoms with Crippen LogP contribution in [0.2, 0.25) is 0 Å². The lowest BCUT2D eigenvalue weighted by molar-refractivity contribution is -0.144. The maximum atomic E-state index is 11.6. The highest BCUT2D eigenvalue weighted by molar-refractivity contribution is 5.77. The first-order valence-corrected chi connectivity index (χ1v) is 5.31. The van der Waals surface area contributed by atoms with Crippen molar-refractivity contribution in [3.05, 3.63) is 0 Å². The van der Waals surface area contributed by atoms with Crippen LogP contribution >= 0.6 is 0 Å². The third-order valence-electron chi connectivity index (χ3n) is 4.42. The third-order valence-corrected chi connectivity index (χ3v) is 4.42. The molecule has 3 heteroatoms. The van der Waals surface area contributed by atoms with Gasteiger partial charge in [0.2, 0.25) is 0 Å². The Morgan fingerprint density at radius 2 is 2.31 bits per heavy atom. The quantitative estimate of drug-likeness (QED) is 0.429. The van der Waals surface area contributed by atoms with E-state index in [2.05, 4.69) is 5.32 Å². The molecule has 6 unspecified atom stereocenters. The van der Waals surface area contributed by atoms with Crippen molar-refractivity contribution in [2.45, 2.75) is 37.5 Å². The fourth-order valence-electron chi connectivity index (χ4n) is 3.86. The zero-order valence-electron chi connectivity index (χ0n) is 7.40. The molecule has 2 aliphatic carbocycles. The number of nitrogens with one attached hydrogen (secondary N) is 1. The van der Waals surface area contributed by atoms with E-state index < -0.39 is 0 Å². The van der Waals surface area contributed by atoms with Gasteiger partial charge in [0.1, 0.15) is 6.10 Å². The summed E-state index contributed by atoms with van der Waals surface area (Å²) in [4.78, 5) is 11.6. The highest BCUT2D eigenvalue weighted by Crippen LogP contribution is 2.54. The van der Waals surface area contributed by atoms with Gasteiger partial charge >= 0.3 is 5.97 Å². The Morgan fingerprint density at radius 1 is 1.38 bits per heavy atom. The average Bonchev–Trinajstić information content (AvgIpc) is 2.67. The van der Waals surface area contributed by atoms with Gasteiger partial charge < -0.3 is 10.1 Å². The minimum atomic E-state index is 0.0828. The molecule has 4 fully saturated rings. The van der Waals surface area contributed by atoms with E-state index in [0.717, 1.165) is 12.3 Å². The van der Waals surface area contributed by atoms with Crippen LogP contribution in [-0.2, 0) is 9.53 Å². The molecule has 13 heavy (non-hydrogen) atoms. The normalized spacial score (nSPS) is 61.4. The fraction of sp³-hybridized carbons (Fsp3) is 0.900. The molecule has 70 valence electrons. The Balaban J connectivity index is 1.78. The van der Waals surface area contributed by atoms with Gasteiger partial charge in [-0.15, -0.1) is 0 Å². The molecule has 0 aromatic carbocycles. The molecule has 2 heterocycles. The zero-order valence-corrected chi connectivity index (χ0v) is 7.40. The number of carbonyl (C=O) groups is 1. The molecular weight excluding hydrogens is 166 g/mol. The molecule has 4 rings (SSSR count). The summed E-state index contributed by atoms with van der Waals surface area (Å²) in [7, 11) is 0. The first-order valence-electron chi connectivity index (χ1n) is 5.31. The molecular formula is C10H13NO2. The van der Waals surface area contributed by atoms with Crippen LogP contribution in [-0.4, -0.2) is 24.2 Å². The molecule has 0 spiro atoms. The monoisotopic (exact) mass is 179 g/mol. The van der Waals surface area contributed by atoms with Gasteiger partial charge in [0.15, 0.2) is 0 Å². The number of carbonyl (C=O) groups excluding carboxylic acids is 1. The number of ether oxygens (including phenoxy) is 1. The van der Waals surface area contributed by atoms with Crippen LogP contribution in [0.15, 0.2) is 0 Å². The van der Waals surface area contributed by atoms with Crippen LogP contribution in [0.25, 0.3) is 0 Å². The van der Waals surface area contributed by atoms with Crippen LogP contribution in [0.1, 0.15) is 19.3 Å². The number of hydrogen-bond donors (Lipinski definition) is 1. The maximum Gasteiger partial charge on any atom is 0.311 e. The minimum Gasteiger partial charge on any atom is -0.462 e. The minimum absolute atomic E-state index is 0.0828. The standard InChI is InChI=1S/C10H13NO2/c12-10-8-7-4(1-2-6(7)13-10)3-5-9(8)11-5/h4-9,11H,1-3H2. The van der Waals surface area contributed by atoms with Gasteiger partial charge in [-0.1, -0.05) is 0 Å². The topological polar surface area (TPSA) is 48.2 Å². The van der Waals surface area contributed by atoms with E-state index in [0.29, 0.717) is 18.0 Å².